The van der Waals surface area contributed by atoms with Crippen molar-refractivity contribution in [3.05, 3.63) is 59.9 Å². The molecule has 0 atom stereocenters. The van der Waals surface area contributed by atoms with Crippen LogP contribution in [0.1, 0.15) is 11.1 Å². The van der Waals surface area contributed by atoms with E-state index in [0.717, 1.165) is 17.5 Å². The van der Waals surface area contributed by atoms with Crippen molar-refractivity contribution in [2.45, 2.75) is 6.42 Å². The van der Waals surface area contributed by atoms with Gasteiger partial charge in [0, 0.05) is 12.4 Å². The van der Waals surface area contributed by atoms with Gasteiger partial charge in [-0.3, -0.25) is 4.98 Å². The minimum Gasteiger partial charge on any atom is -0.423 e. The Morgan fingerprint density at radius 2 is 1.75 bits per heavy atom. The van der Waals surface area contributed by atoms with Crippen molar-refractivity contribution in [3.8, 4) is 0 Å². The molecular formula is C12H12BNO2. The normalized spacial score (nSPS) is 10.1. The third-order valence-corrected chi connectivity index (χ3v) is 2.41. The van der Waals surface area contributed by atoms with Gasteiger partial charge in [-0.15, -0.1) is 0 Å². The Bertz CT molecular complexity index is 442. The molecule has 0 spiro atoms. The second kappa shape index (κ2) is 4.92. The topological polar surface area (TPSA) is 53.4 Å². The molecule has 1 aromatic heterocycles. The van der Waals surface area contributed by atoms with Crippen LogP contribution < -0.4 is 5.46 Å². The van der Waals surface area contributed by atoms with Crippen LogP contribution in [0, 0.1) is 0 Å². The summed E-state index contributed by atoms with van der Waals surface area (Å²) < 4.78 is 0. The molecule has 0 bridgehead atoms. The van der Waals surface area contributed by atoms with Crippen LogP contribution in [-0.4, -0.2) is 22.2 Å². The van der Waals surface area contributed by atoms with Crippen molar-refractivity contribution in [3.63, 3.8) is 0 Å². The van der Waals surface area contributed by atoms with Crippen LogP contribution >= 0.6 is 0 Å². The summed E-state index contributed by atoms with van der Waals surface area (Å²) in [6, 6.07) is 11.1. The highest BCUT2D eigenvalue weighted by molar-refractivity contribution is 6.58. The number of benzene rings is 1. The molecule has 2 aromatic rings. The van der Waals surface area contributed by atoms with Gasteiger partial charge in [0.25, 0.3) is 0 Å². The molecule has 3 nitrogen and oxygen atoms in total. The number of nitrogens with zero attached hydrogens (tertiary/aromatic N) is 1. The van der Waals surface area contributed by atoms with E-state index in [1.54, 1.807) is 18.3 Å². The van der Waals surface area contributed by atoms with E-state index in [9.17, 15) is 0 Å². The summed E-state index contributed by atoms with van der Waals surface area (Å²) in [4.78, 5) is 4.05. The molecule has 1 heterocycles. The molecule has 0 fully saturated rings. The van der Waals surface area contributed by atoms with E-state index in [2.05, 4.69) is 4.98 Å². The molecule has 2 N–H and O–H groups in total. The van der Waals surface area contributed by atoms with E-state index >= 15 is 0 Å². The molecule has 0 aliphatic rings. The second-order valence-electron chi connectivity index (χ2n) is 3.65. The molecule has 0 saturated carbocycles. The van der Waals surface area contributed by atoms with Gasteiger partial charge in [0.1, 0.15) is 0 Å². The maximum atomic E-state index is 8.95. The number of hydrogen-bond acceptors (Lipinski definition) is 3. The van der Waals surface area contributed by atoms with Gasteiger partial charge in [0.15, 0.2) is 0 Å². The largest absolute Gasteiger partial charge is 0.488 e. The van der Waals surface area contributed by atoms with Gasteiger partial charge in [0.2, 0.25) is 0 Å². The lowest BCUT2D eigenvalue weighted by Crippen LogP contribution is -2.29. The van der Waals surface area contributed by atoms with E-state index in [1.807, 2.05) is 30.5 Å². The SMILES string of the molecule is OB(O)c1ccc(Cc2cccnc2)cc1. The van der Waals surface area contributed by atoms with Gasteiger partial charge in [-0.1, -0.05) is 30.3 Å². The van der Waals surface area contributed by atoms with Crippen LogP contribution in [0.3, 0.4) is 0 Å². The lowest BCUT2D eigenvalue weighted by Gasteiger charge is -2.03. The fourth-order valence-corrected chi connectivity index (χ4v) is 1.55. The zero-order valence-electron chi connectivity index (χ0n) is 8.74. The Hall–Kier alpha value is -1.65. The van der Waals surface area contributed by atoms with Gasteiger partial charge in [-0.2, -0.15) is 0 Å². The predicted octanol–water partition coefficient (Wildman–Crippen LogP) is 0.352. The van der Waals surface area contributed by atoms with Crippen LogP contribution in [0.25, 0.3) is 0 Å². The Morgan fingerprint density at radius 3 is 2.31 bits per heavy atom. The molecule has 0 aliphatic carbocycles. The number of rotatable bonds is 3. The van der Waals surface area contributed by atoms with Crippen molar-refractivity contribution in [1.82, 2.24) is 4.98 Å². The summed E-state index contributed by atoms with van der Waals surface area (Å²) in [7, 11) is -1.40. The molecule has 1 aromatic carbocycles. The quantitative estimate of drug-likeness (QED) is 0.723. The van der Waals surface area contributed by atoms with Crippen molar-refractivity contribution >= 4 is 12.6 Å². The molecule has 4 heteroatoms. The Labute approximate surface area is 94.6 Å². The summed E-state index contributed by atoms with van der Waals surface area (Å²) in [5, 5.41) is 17.9. The summed E-state index contributed by atoms with van der Waals surface area (Å²) in [6.07, 6.45) is 4.37. The van der Waals surface area contributed by atoms with E-state index in [-0.39, 0.29) is 0 Å². The Morgan fingerprint density at radius 1 is 1.00 bits per heavy atom. The Kier molecular flexibility index (Phi) is 3.34. The van der Waals surface area contributed by atoms with Crippen LogP contribution in [0.4, 0.5) is 0 Å². The molecule has 80 valence electrons. The van der Waals surface area contributed by atoms with Crippen molar-refractivity contribution in [1.29, 1.82) is 0 Å². The molecule has 0 aliphatic heterocycles. The van der Waals surface area contributed by atoms with Gasteiger partial charge >= 0.3 is 7.12 Å². The van der Waals surface area contributed by atoms with Crippen LogP contribution in [0.2, 0.25) is 0 Å². The third kappa shape index (κ3) is 2.69. The maximum absolute atomic E-state index is 8.95. The molecule has 2 rings (SSSR count). The highest BCUT2D eigenvalue weighted by Gasteiger charge is 2.09. The summed E-state index contributed by atoms with van der Waals surface area (Å²) >= 11 is 0. The average Bonchev–Trinajstić information content (AvgIpc) is 2.31. The van der Waals surface area contributed by atoms with Gasteiger partial charge in [0.05, 0.1) is 0 Å². The average molecular weight is 213 g/mol. The smallest absolute Gasteiger partial charge is 0.423 e. The number of hydrogen-bond donors (Lipinski definition) is 2. The first-order valence-corrected chi connectivity index (χ1v) is 5.09. The van der Waals surface area contributed by atoms with Crippen LogP contribution in [0.15, 0.2) is 48.8 Å². The molecule has 0 radical (unpaired) electrons. The van der Waals surface area contributed by atoms with Gasteiger partial charge in [-0.05, 0) is 29.1 Å². The fraction of sp³-hybridized carbons (Fsp3) is 0.0833. The lowest BCUT2D eigenvalue weighted by molar-refractivity contribution is 0.426. The fourth-order valence-electron chi connectivity index (χ4n) is 1.55. The summed E-state index contributed by atoms with van der Waals surface area (Å²) in [5.74, 6) is 0. The first-order chi connectivity index (χ1) is 7.75. The molecule has 0 unspecified atom stereocenters. The molecule has 0 amide bonds. The van der Waals surface area contributed by atoms with Crippen LogP contribution in [-0.2, 0) is 6.42 Å². The highest BCUT2D eigenvalue weighted by atomic mass is 16.4. The number of aromatic nitrogens is 1. The van der Waals surface area contributed by atoms with E-state index in [4.69, 9.17) is 10.0 Å². The standard InChI is InChI=1S/C12H12BNO2/c15-13(16)12-5-3-10(4-6-12)8-11-2-1-7-14-9-11/h1-7,9,15-16H,8H2. The molecule has 16 heavy (non-hydrogen) atoms. The van der Waals surface area contributed by atoms with Crippen molar-refractivity contribution in [2.24, 2.45) is 0 Å². The lowest BCUT2D eigenvalue weighted by atomic mass is 9.80. The molecule has 0 saturated heterocycles. The zero-order valence-corrected chi connectivity index (χ0v) is 8.74. The maximum Gasteiger partial charge on any atom is 0.488 e. The first kappa shape index (κ1) is 10.9. The van der Waals surface area contributed by atoms with Crippen molar-refractivity contribution < 1.29 is 10.0 Å². The first-order valence-electron chi connectivity index (χ1n) is 5.09. The second-order valence-corrected chi connectivity index (χ2v) is 3.65. The monoisotopic (exact) mass is 213 g/mol. The molecular weight excluding hydrogens is 201 g/mol. The van der Waals surface area contributed by atoms with Gasteiger partial charge in [-0.25, -0.2) is 0 Å². The minimum absolute atomic E-state index is 0.509. The summed E-state index contributed by atoms with van der Waals surface area (Å²) in [5.41, 5.74) is 2.77. The zero-order chi connectivity index (χ0) is 11.4. The van der Waals surface area contributed by atoms with Gasteiger partial charge < -0.3 is 10.0 Å². The summed E-state index contributed by atoms with van der Waals surface area (Å²) in [6.45, 7) is 0. The number of pyridine rings is 1. The minimum atomic E-state index is -1.40. The predicted molar refractivity (Wildman–Crippen MR) is 63.3 cm³/mol. The van der Waals surface area contributed by atoms with E-state index in [0.29, 0.717) is 5.46 Å². The third-order valence-electron chi connectivity index (χ3n) is 2.41. The van der Waals surface area contributed by atoms with E-state index < -0.39 is 7.12 Å². The highest BCUT2D eigenvalue weighted by Crippen LogP contribution is 2.06. The van der Waals surface area contributed by atoms with Crippen molar-refractivity contribution in [2.75, 3.05) is 0 Å². The Balaban J connectivity index is 2.11. The van der Waals surface area contributed by atoms with Crippen LogP contribution in [0.5, 0.6) is 0 Å². The van der Waals surface area contributed by atoms with E-state index in [1.165, 1.54) is 0 Å².